The fourth-order valence-corrected chi connectivity index (χ4v) is 0.122. The second-order valence-corrected chi connectivity index (χ2v) is 1.92. The Hall–Kier alpha value is 1.11. The molecule has 0 saturated carbocycles. The summed E-state index contributed by atoms with van der Waals surface area (Å²) >= 11 is 0. The molecule has 48 valence electrons. The molecule has 0 aliphatic heterocycles. The third-order valence-electron chi connectivity index (χ3n) is 0.258. The van der Waals surface area contributed by atoms with Crippen LogP contribution >= 0.6 is 0 Å². The first kappa shape index (κ1) is 17.3. The molecule has 10 heteroatoms. The Morgan fingerprint density at radius 1 is 1.30 bits per heavy atom. The molecule has 0 aliphatic rings. The summed E-state index contributed by atoms with van der Waals surface area (Å²) in [7, 11) is -5.20. The van der Waals surface area contributed by atoms with E-state index in [1.165, 1.54) is 5.28 Å². The average Bonchev–Trinajstić information content (AvgIpc) is 1.62. The van der Waals surface area contributed by atoms with Gasteiger partial charge in [0.25, 0.3) is 0 Å². The van der Waals surface area contributed by atoms with Crippen molar-refractivity contribution in [3.8, 4) is 0 Å². The molecular weight excluding hydrogens is 186 g/mol. The molecule has 7 nitrogen and oxygen atoms in total. The molecule has 0 fully saturated rings. The van der Waals surface area contributed by atoms with Crippen molar-refractivity contribution in [1.82, 2.24) is 0 Å². The minimum Gasteiger partial charge on any atom is -0.738 e. The van der Waals surface area contributed by atoms with E-state index in [9.17, 15) is 18.2 Å². The van der Waals surface area contributed by atoms with Crippen LogP contribution in [0, 0.1) is 10.4 Å². The Morgan fingerprint density at radius 3 is 1.60 bits per heavy atom. The van der Waals surface area contributed by atoms with Gasteiger partial charge in [-0.3, -0.25) is 0 Å². The average molecular weight is 186 g/mol. The van der Waals surface area contributed by atoms with Gasteiger partial charge in [0, 0.05) is 4.27 Å². The summed E-state index contributed by atoms with van der Waals surface area (Å²) in [5.74, 6) is 0. The molecule has 0 amide bonds. The van der Waals surface area contributed by atoms with E-state index in [1.54, 1.807) is 0 Å². The number of hydrogen-bond acceptors (Lipinski definition) is 6. The predicted molar refractivity (Wildman–Crippen MR) is 19.1 cm³/mol. The van der Waals surface area contributed by atoms with E-state index in [0.717, 1.165) is 0 Å². The molecule has 0 unspecified atom stereocenters. The van der Waals surface area contributed by atoms with Crippen molar-refractivity contribution in [1.29, 1.82) is 0 Å². The first-order valence-electron chi connectivity index (χ1n) is 1.25. The van der Waals surface area contributed by atoms with Crippen LogP contribution in [0.25, 0.3) is 0 Å². The monoisotopic (exact) mass is 186 g/mol. The summed E-state index contributed by atoms with van der Waals surface area (Å²) in [5, 5.41) is 19.6. The van der Waals surface area contributed by atoms with E-state index in [-0.39, 0.29) is 59.1 Å². The van der Waals surface area contributed by atoms with Crippen LogP contribution in [0.3, 0.4) is 0 Å². The summed E-state index contributed by atoms with van der Waals surface area (Å²) in [6.45, 7) is 0. The van der Waals surface area contributed by atoms with Gasteiger partial charge in [-0.2, -0.15) is 8.42 Å². The SMILES string of the molecule is O=S(=O)([O-])/[N+]([O-])=N\[O-].[Na+].[Na+]. The zero-order chi connectivity index (χ0) is 6.78. The second-order valence-electron chi connectivity index (χ2n) is 0.747. The van der Waals surface area contributed by atoms with E-state index >= 15 is 0 Å². The van der Waals surface area contributed by atoms with E-state index < -0.39 is 14.6 Å². The Morgan fingerprint density at radius 2 is 1.60 bits per heavy atom. The topological polar surface area (TPSA) is 119 Å². The molecule has 0 rings (SSSR count). The van der Waals surface area contributed by atoms with Crippen molar-refractivity contribution in [3.05, 3.63) is 10.4 Å². The van der Waals surface area contributed by atoms with Gasteiger partial charge in [0.1, 0.15) is 0 Å². The molecule has 10 heavy (non-hydrogen) atoms. The third kappa shape index (κ3) is 7.22. The molecular formula is N2Na2O5S. The van der Waals surface area contributed by atoms with Gasteiger partial charge in [-0.15, -0.1) is 0 Å². The summed E-state index contributed by atoms with van der Waals surface area (Å²) in [5.41, 5.74) is 0. The molecule has 0 saturated heterocycles. The number of hydrogen-bond donors (Lipinski definition) is 0. The van der Waals surface area contributed by atoms with Crippen LogP contribution in [0.1, 0.15) is 0 Å². The maximum absolute atomic E-state index is 9.37. The maximum Gasteiger partial charge on any atom is 1.00 e. The molecule has 0 aliphatic carbocycles. The van der Waals surface area contributed by atoms with Crippen molar-refractivity contribution in [2.24, 2.45) is 5.28 Å². The van der Waals surface area contributed by atoms with Gasteiger partial charge in [0.05, 0.1) is 0 Å². The van der Waals surface area contributed by atoms with E-state index in [4.69, 9.17) is 5.21 Å². The zero-order valence-corrected chi connectivity index (χ0v) is 10.2. The van der Waals surface area contributed by atoms with Crippen LogP contribution in [-0.4, -0.2) is 17.2 Å². The standard InChI is InChI=1S/H2N2O5S.2Na/c3-1-2(4)8(5,6)7;;/h3H,(H,5,6,7);;/q;2*+1/p-2/b2-1-;;. The van der Waals surface area contributed by atoms with Crippen molar-refractivity contribution in [2.75, 3.05) is 0 Å². The van der Waals surface area contributed by atoms with Crippen molar-refractivity contribution < 1.29 is 76.4 Å². The fraction of sp³-hybridized carbons (Fsp3) is 0. The smallest absolute Gasteiger partial charge is 0.738 e. The van der Waals surface area contributed by atoms with Gasteiger partial charge in [0.15, 0.2) is 0 Å². The van der Waals surface area contributed by atoms with Crippen LogP contribution in [0.5, 0.6) is 0 Å². The van der Waals surface area contributed by atoms with E-state index in [0.29, 0.717) is 0 Å². The van der Waals surface area contributed by atoms with E-state index in [1.807, 2.05) is 0 Å². The van der Waals surface area contributed by atoms with Gasteiger partial charge < -0.3 is 15.0 Å². The summed E-state index contributed by atoms with van der Waals surface area (Å²) in [4.78, 5) is 0. The Bertz CT molecular complexity index is 194. The summed E-state index contributed by atoms with van der Waals surface area (Å²) in [6, 6.07) is 0. The molecule has 0 heterocycles. The minimum atomic E-state index is -5.20. The fourth-order valence-electron chi connectivity index (χ4n) is 0.0408. The second kappa shape index (κ2) is 6.80. The van der Waals surface area contributed by atoms with Crippen LogP contribution in [0.2, 0.25) is 0 Å². The largest absolute Gasteiger partial charge is 1.00 e. The maximum atomic E-state index is 9.37. The Labute approximate surface area is 101 Å². The summed E-state index contributed by atoms with van der Waals surface area (Å²) in [6.07, 6.45) is 0. The molecule has 0 bridgehead atoms. The van der Waals surface area contributed by atoms with Crippen molar-refractivity contribution in [2.45, 2.75) is 0 Å². The number of rotatable bonds is 1. The van der Waals surface area contributed by atoms with Crippen LogP contribution in [0.4, 0.5) is 0 Å². The quantitative estimate of drug-likeness (QED) is 0.132. The molecule has 0 N–H and O–H groups in total. The third-order valence-corrected chi connectivity index (χ3v) is 0.707. The summed E-state index contributed by atoms with van der Waals surface area (Å²) < 4.78 is 26.5. The molecule has 0 aromatic heterocycles. The Kier molecular flexibility index (Phi) is 11.7. The van der Waals surface area contributed by atoms with Crippen LogP contribution in [0.15, 0.2) is 5.28 Å². The normalized spacial score (nSPS) is 11.1. The van der Waals surface area contributed by atoms with E-state index in [2.05, 4.69) is 0 Å². The molecule has 0 aromatic rings. The van der Waals surface area contributed by atoms with Gasteiger partial charge >= 0.3 is 69.4 Å². The van der Waals surface area contributed by atoms with Gasteiger partial charge in [-0.25, -0.2) is 0 Å². The van der Waals surface area contributed by atoms with Gasteiger partial charge in [-0.05, 0) is 5.28 Å². The van der Waals surface area contributed by atoms with Gasteiger partial charge in [0.2, 0.25) is 0 Å². The molecule has 0 aromatic carbocycles. The van der Waals surface area contributed by atoms with Crippen LogP contribution < -0.4 is 59.1 Å². The minimum absolute atomic E-state index is 0. The molecule has 0 radical (unpaired) electrons. The zero-order valence-electron chi connectivity index (χ0n) is 5.34. The van der Waals surface area contributed by atoms with Crippen molar-refractivity contribution in [3.63, 3.8) is 0 Å². The first-order valence-corrected chi connectivity index (χ1v) is 2.61. The molecule has 0 atom stereocenters. The number of nitrogens with zero attached hydrogens (tertiary/aromatic N) is 2. The van der Waals surface area contributed by atoms with Gasteiger partial charge in [-0.1, -0.05) is 0 Å². The predicted octanol–water partition coefficient (Wildman–Crippen LogP) is -7.09. The van der Waals surface area contributed by atoms with Crippen LogP contribution in [-0.2, 0) is 10.3 Å². The van der Waals surface area contributed by atoms with Crippen molar-refractivity contribution >= 4 is 10.3 Å². The Balaban J connectivity index is -0.000000245. The first-order chi connectivity index (χ1) is 3.48. The molecule has 0 spiro atoms.